The number of para-hydroxylation sites is 1. The van der Waals surface area contributed by atoms with Crippen LogP contribution in [-0.4, -0.2) is 11.7 Å². The van der Waals surface area contributed by atoms with Gasteiger partial charge in [0.15, 0.2) is 0 Å². The van der Waals surface area contributed by atoms with Gasteiger partial charge in [0.2, 0.25) is 0 Å². The molecule has 0 aliphatic heterocycles. The second-order valence-corrected chi connectivity index (χ2v) is 8.12. The van der Waals surface area contributed by atoms with Crippen molar-refractivity contribution in [2.45, 2.75) is 0 Å². The Hall–Kier alpha value is -4.04. The number of hydrogen-bond acceptors (Lipinski definition) is 1. The molecular weight excluding hydrogens is 378 g/mol. The molecule has 146 valence electrons. The van der Waals surface area contributed by atoms with E-state index in [1.807, 2.05) is 0 Å². The lowest BCUT2D eigenvalue weighted by atomic mass is 9.91. The molecule has 0 amide bonds. The van der Waals surface area contributed by atoms with E-state index in [0.717, 1.165) is 11.1 Å². The lowest BCUT2D eigenvalue weighted by Gasteiger charge is -2.14. The van der Waals surface area contributed by atoms with Gasteiger partial charge in [0.1, 0.15) is 5.75 Å². The van der Waals surface area contributed by atoms with Crippen molar-refractivity contribution < 1.29 is 4.74 Å². The Bertz CT molecular complexity index is 1760. The van der Waals surface area contributed by atoms with Gasteiger partial charge in [0.05, 0.1) is 18.1 Å². The van der Waals surface area contributed by atoms with Crippen LogP contribution in [0, 0.1) is 0 Å². The number of benzene rings is 6. The minimum atomic E-state index is 0.921. The second-order valence-electron chi connectivity index (χ2n) is 8.12. The van der Waals surface area contributed by atoms with E-state index in [0.29, 0.717) is 0 Å². The Morgan fingerprint density at radius 2 is 1.10 bits per heavy atom. The van der Waals surface area contributed by atoms with Crippen molar-refractivity contribution in [1.29, 1.82) is 0 Å². The van der Waals surface area contributed by atoms with Gasteiger partial charge in [-0.2, -0.15) is 0 Å². The lowest BCUT2D eigenvalue weighted by molar-refractivity contribution is 0.420. The zero-order valence-electron chi connectivity index (χ0n) is 17.1. The van der Waals surface area contributed by atoms with Crippen molar-refractivity contribution in [2.24, 2.45) is 0 Å². The molecule has 1 aromatic heterocycles. The normalized spacial score (nSPS) is 12.0. The number of aromatic nitrogens is 1. The molecule has 0 unspecified atom stereocenters. The van der Waals surface area contributed by atoms with E-state index in [9.17, 15) is 0 Å². The Kier molecular flexibility index (Phi) is 3.23. The largest absolute Gasteiger partial charge is 0.496 e. The highest BCUT2D eigenvalue weighted by Crippen LogP contribution is 2.46. The molecular formula is C29H19NO. The molecule has 0 bridgehead atoms. The molecule has 0 spiro atoms. The molecule has 31 heavy (non-hydrogen) atoms. The molecule has 0 saturated heterocycles. The Balaban J connectivity index is 1.84. The predicted octanol–water partition coefficient (Wildman–Crippen LogP) is 7.69. The van der Waals surface area contributed by atoms with E-state index in [4.69, 9.17) is 4.74 Å². The first-order valence-corrected chi connectivity index (χ1v) is 10.6. The van der Waals surface area contributed by atoms with Crippen molar-refractivity contribution in [1.82, 2.24) is 4.57 Å². The summed E-state index contributed by atoms with van der Waals surface area (Å²) in [6, 6.07) is 34.8. The first-order chi connectivity index (χ1) is 15.4. The van der Waals surface area contributed by atoms with Gasteiger partial charge in [0.25, 0.3) is 0 Å². The Morgan fingerprint density at radius 3 is 1.84 bits per heavy atom. The van der Waals surface area contributed by atoms with Crippen LogP contribution >= 0.6 is 0 Å². The van der Waals surface area contributed by atoms with Crippen LogP contribution < -0.4 is 4.74 Å². The van der Waals surface area contributed by atoms with Crippen molar-refractivity contribution in [3.63, 3.8) is 0 Å². The molecule has 0 N–H and O–H groups in total. The smallest absolute Gasteiger partial charge is 0.127 e. The van der Waals surface area contributed by atoms with Crippen LogP contribution in [0.25, 0.3) is 59.8 Å². The SMILES string of the molecule is COc1cc2c3cccc4c3c3c(cccc3n4-c3ccccc3)c2c2ccccc12. The maximum absolute atomic E-state index is 5.82. The Morgan fingerprint density at radius 1 is 0.516 bits per heavy atom. The molecule has 2 heteroatoms. The number of methoxy groups -OCH3 is 1. The summed E-state index contributed by atoms with van der Waals surface area (Å²) in [5, 5.41) is 10.2. The highest BCUT2D eigenvalue weighted by molar-refractivity contribution is 6.38. The predicted molar refractivity (Wildman–Crippen MR) is 131 cm³/mol. The van der Waals surface area contributed by atoms with Crippen molar-refractivity contribution in [3.05, 3.63) is 97.1 Å². The number of nitrogens with zero attached hydrogens (tertiary/aromatic N) is 1. The van der Waals surface area contributed by atoms with Crippen LogP contribution in [0.4, 0.5) is 0 Å². The molecule has 7 rings (SSSR count). The monoisotopic (exact) mass is 397 g/mol. The van der Waals surface area contributed by atoms with Gasteiger partial charge in [-0.25, -0.2) is 0 Å². The molecule has 6 aromatic carbocycles. The topological polar surface area (TPSA) is 14.2 Å². The summed E-state index contributed by atoms with van der Waals surface area (Å²) in [5.41, 5.74) is 3.67. The highest BCUT2D eigenvalue weighted by Gasteiger charge is 2.21. The van der Waals surface area contributed by atoms with Crippen LogP contribution in [-0.2, 0) is 0 Å². The number of rotatable bonds is 2. The standard InChI is InChI=1S/C29H19NO/c1-31-26-17-23-21-13-7-15-24-28(21)29-22(27(23)20-12-6-5-11-19(20)26)14-8-16-25(29)30(24)18-9-3-2-4-10-18/h2-17H,1H3. The molecule has 0 fully saturated rings. The van der Waals surface area contributed by atoms with Gasteiger partial charge in [-0.15, -0.1) is 0 Å². The quantitative estimate of drug-likeness (QED) is 0.273. The fraction of sp³-hybridized carbons (Fsp3) is 0.0345. The van der Waals surface area contributed by atoms with E-state index in [1.54, 1.807) is 7.11 Å². The van der Waals surface area contributed by atoms with Gasteiger partial charge in [-0.3, -0.25) is 0 Å². The summed E-state index contributed by atoms with van der Waals surface area (Å²) in [7, 11) is 1.76. The first kappa shape index (κ1) is 16.7. The number of ether oxygens (including phenoxy) is 1. The average Bonchev–Trinajstić information content (AvgIpc) is 3.18. The maximum Gasteiger partial charge on any atom is 0.127 e. The van der Waals surface area contributed by atoms with Crippen LogP contribution in [0.2, 0.25) is 0 Å². The summed E-state index contributed by atoms with van der Waals surface area (Å²) in [4.78, 5) is 0. The summed E-state index contributed by atoms with van der Waals surface area (Å²) in [5.74, 6) is 0.921. The summed E-state index contributed by atoms with van der Waals surface area (Å²) in [6.45, 7) is 0. The van der Waals surface area contributed by atoms with Gasteiger partial charge < -0.3 is 9.30 Å². The van der Waals surface area contributed by atoms with Crippen LogP contribution in [0.1, 0.15) is 0 Å². The van der Waals surface area contributed by atoms with Crippen LogP contribution in [0.3, 0.4) is 0 Å². The fourth-order valence-corrected chi connectivity index (χ4v) is 5.41. The first-order valence-electron chi connectivity index (χ1n) is 10.6. The molecule has 0 aliphatic carbocycles. The molecule has 0 radical (unpaired) electrons. The van der Waals surface area contributed by atoms with Gasteiger partial charge in [-0.1, -0.05) is 66.7 Å². The second kappa shape index (κ2) is 5.99. The third kappa shape index (κ3) is 2.06. The van der Waals surface area contributed by atoms with E-state index in [1.165, 1.54) is 54.4 Å². The minimum absolute atomic E-state index is 0.921. The average molecular weight is 397 g/mol. The number of fused-ring (bicyclic) bond motifs is 5. The minimum Gasteiger partial charge on any atom is -0.496 e. The number of hydrogen-bond donors (Lipinski definition) is 0. The van der Waals surface area contributed by atoms with E-state index in [2.05, 4.69) is 102 Å². The molecule has 0 aliphatic rings. The van der Waals surface area contributed by atoms with E-state index < -0.39 is 0 Å². The third-order valence-corrected chi connectivity index (χ3v) is 6.62. The summed E-state index contributed by atoms with van der Waals surface area (Å²) >= 11 is 0. The summed E-state index contributed by atoms with van der Waals surface area (Å²) in [6.07, 6.45) is 0. The van der Waals surface area contributed by atoms with Crippen molar-refractivity contribution in [2.75, 3.05) is 7.11 Å². The highest BCUT2D eigenvalue weighted by atomic mass is 16.5. The lowest BCUT2D eigenvalue weighted by Crippen LogP contribution is -1.92. The fourth-order valence-electron chi connectivity index (χ4n) is 5.41. The van der Waals surface area contributed by atoms with E-state index in [-0.39, 0.29) is 0 Å². The molecule has 0 atom stereocenters. The molecule has 7 aromatic rings. The maximum atomic E-state index is 5.82. The zero-order chi connectivity index (χ0) is 20.5. The summed E-state index contributed by atoms with van der Waals surface area (Å²) < 4.78 is 8.21. The zero-order valence-corrected chi connectivity index (χ0v) is 17.1. The van der Waals surface area contributed by atoms with Crippen LogP contribution in [0.15, 0.2) is 97.1 Å². The molecule has 2 nitrogen and oxygen atoms in total. The van der Waals surface area contributed by atoms with Crippen molar-refractivity contribution >= 4 is 54.1 Å². The van der Waals surface area contributed by atoms with Crippen LogP contribution in [0.5, 0.6) is 5.75 Å². The third-order valence-electron chi connectivity index (χ3n) is 6.62. The van der Waals surface area contributed by atoms with Gasteiger partial charge in [-0.05, 0) is 57.3 Å². The van der Waals surface area contributed by atoms with E-state index >= 15 is 0 Å². The van der Waals surface area contributed by atoms with Crippen molar-refractivity contribution in [3.8, 4) is 11.4 Å². The molecule has 0 saturated carbocycles. The van der Waals surface area contributed by atoms with Gasteiger partial charge in [0, 0.05) is 21.8 Å². The molecule has 1 heterocycles. The van der Waals surface area contributed by atoms with Gasteiger partial charge >= 0.3 is 0 Å². The Labute approximate surface area is 179 Å².